The number of benzene rings is 1. The Morgan fingerprint density at radius 1 is 1.26 bits per heavy atom. The van der Waals surface area contributed by atoms with Crippen molar-refractivity contribution >= 4 is 61.0 Å². The number of nitrogens with one attached hydrogen (secondary N) is 1. The van der Waals surface area contributed by atoms with E-state index < -0.39 is 15.8 Å². The molecule has 0 spiro atoms. The van der Waals surface area contributed by atoms with E-state index in [2.05, 4.69) is 21.4 Å². The van der Waals surface area contributed by atoms with E-state index in [0.717, 1.165) is 59.9 Å². The van der Waals surface area contributed by atoms with Crippen LogP contribution in [-0.2, 0) is 16.0 Å². The van der Waals surface area contributed by atoms with Crippen LogP contribution in [0.3, 0.4) is 0 Å². The van der Waals surface area contributed by atoms with E-state index in [1.165, 1.54) is 0 Å². The number of hydrogen-bond donors (Lipinski definition) is 2. The molecule has 1 fully saturated rings. The molecule has 2 amide bonds. The Balaban J connectivity index is 1.53. The normalized spacial score (nSPS) is 21.7. The van der Waals surface area contributed by atoms with Crippen molar-refractivity contribution in [3.05, 3.63) is 35.0 Å². The molecule has 31 heavy (non-hydrogen) atoms. The zero-order valence-corrected chi connectivity index (χ0v) is 20.1. The summed E-state index contributed by atoms with van der Waals surface area (Å²) < 4.78 is 1.08. The van der Waals surface area contributed by atoms with E-state index in [4.69, 9.17) is 17.3 Å². The van der Waals surface area contributed by atoms with Crippen molar-refractivity contribution in [1.82, 2.24) is 9.97 Å². The Labute approximate surface area is 193 Å². The molecule has 2 aromatic rings. The van der Waals surface area contributed by atoms with Crippen LogP contribution in [0.2, 0.25) is 9.73 Å². The maximum absolute atomic E-state index is 12.1. The number of nitrogens with two attached hydrogens (primary N) is 1. The number of aryl methyl sites for hydroxylation is 1. The van der Waals surface area contributed by atoms with E-state index in [-0.39, 0.29) is 22.4 Å². The fourth-order valence-electron chi connectivity index (χ4n) is 4.32. The number of rotatable bonds is 5. The summed E-state index contributed by atoms with van der Waals surface area (Å²) in [6.45, 7) is 0. The van der Waals surface area contributed by atoms with E-state index >= 15 is 0 Å². The molecule has 2 atom stereocenters. The zero-order chi connectivity index (χ0) is 22.0. The molecule has 1 aromatic heterocycles. The van der Waals surface area contributed by atoms with Crippen LogP contribution in [0.25, 0.3) is 0 Å². The molecule has 9 heteroatoms. The molecule has 0 saturated heterocycles. The van der Waals surface area contributed by atoms with E-state index in [1.807, 2.05) is 19.2 Å². The molecule has 3 N–H and O–H groups in total. The zero-order valence-electron chi connectivity index (χ0n) is 17.5. The first-order valence-corrected chi connectivity index (χ1v) is 13.0. The van der Waals surface area contributed by atoms with Gasteiger partial charge in [-0.15, -0.1) is 0 Å². The molecule has 1 radical (unpaired) electrons. The number of aromatic nitrogens is 2. The number of hydrogen-bond acceptors (Lipinski definition) is 5. The molecule has 1 aliphatic heterocycles. The van der Waals surface area contributed by atoms with Crippen LogP contribution in [0.5, 0.6) is 0 Å². The van der Waals surface area contributed by atoms with Gasteiger partial charge in [0.1, 0.15) is 0 Å². The number of amides is 2. The van der Waals surface area contributed by atoms with Crippen LogP contribution >= 0.6 is 11.6 Å². The van der Waals surface area contributed by atoms with Crippen LogP contribution < -0.4 is 20.4 Å². The minimum atomic E-state index is -0.399. The molecule has 2 unspecified atom stereocenters. The van der Waals surface area contributed by atoms with Gasteiger partial charge >= 0.3 is 194 Å². The van der Waals surface area contributed by atoms with Crippen LogP contribution in [0, 0.1) is 5.92 Å². The summed E-state index contributed by atoms with van der Waals surface area (Å²) in [5.41, 5.74) is 8.59. The summed E-state index contributed by atoms with van der Waals surface area (Å²) in [6, 6.07) is 5.95. The number of carbonyl (C=O) groups is 2. The van der Waals surface area contributed by atoms with Crippen molar-refractivity contribution in [2.45, 2.75) is 49.7 Å². The fourth-order valence-corrected chi connectivity index (χ4v) is 7.67. The fraction of sp³-hybridized carbons (Fsp3) is 0.455. The average Bonchev–Trinajstić information content (AvgIpc) is 2.89. The van der Waals surface area contributed by atoms with Gasteiger partial charge in [0, 0.05) is 0 Å². The predicted octanol–water partition coefficient (Wildman–Crippen LogP) is 2.97. The third kappa shape index (κ3) is 5.04. The van der Waals surface area contributed by atoms with Crippen molar-refractivity contribution in [3.8, 4) is 0 Å². The summed E-state index contributed by atoms with van der Waals surface area (Å²) in [7, 11) is 1.82. The molecule has 1 aliphatic carbocycles. The molecular formula is C22H26AsClN5O2. The molecular weight excluding hydrogens is 477 g/mol. The second-order valence-corrected chi connectivity index (χ2v) is 11.4. The standard InChI is InChI=1S/C22H26AsClN5O2/c1-29-18-10-9-14(11-13(18)5-4-8-19(29)30)27-22-26-12-17(24)20(28-22)23-16-7-3-2-6-15(16)21(25)31/h9-12,15-16H,2-8H2,1H3,(H2,25,31)(H,26,27,28). The Morgan fingerprint density at radius 2 is 2.06 bits per heavy atom. The van der Waals surface area contributed by atoms with Gasteiger partial charge in [0.2, 0.25) is 0 Å². The molecule has 4 rings (SSSR count). The second-order valence-electron chi connectivity index (χ2n) is 8.13. The van der Waals surface area contributed by atoms with Gasteiger partial charge < -0.3 is 0 Å². The first-order chi connectivity index (χ1) is 14.9. The molecule has 1 saturated carbocycles. The van der Waals surface area contributed by atoms with Gasteiger partial charge in [0.05, 0.1) is 0 Å². The first-order valence-electron chi connectivity index (χ1n) is 10.6. The minimum absolute atomic E-state index is 0.0829. The van der Waals surface area contributed by atoms with Gasteiger partial charge in [-0.3, -0.25) is 0 Å². The number of halogens is 1. The van der Waals surface area contributed by atoms with Crippen LogP contribution in [-0.4, -0.2) is 44.6 Å². The molecule has 0 bridgehead atoms. The van der Waals surface area contributed by atoms with E-state index in [0.29, 0.717) is 17.4 Å². The molecule has 163 valence electrons. The first kappa shape index (κ1) is 22.1. The Morgan fingerprint density at radius 3 is 2.87 bits per heavy atom. The van der Waals surface area contributed by atoms with E-state index in [9.17, 15) is 9.59 Å². The van der Waals surface area contributed by atoms with Crippen LogP contribution in [0.4, 0.5) is 17.3 Å². The van der Waals surface area contributed by atoms with E-state index in [1.54, 1.807) is 11.1 Å². The SMILES string of the molecule is CN1C(=O)CCCc2cc(Nc3ncc(Cl)c([As]C4CCCCC4C(N)=O)n3)ccc21. The molecule has 7 nitrogen and oxygen atoms in total. The quantitative estimate of drug-likeness (QED) is 0.612. The third-order valence-corrected chi connectivity index (χ3v) is 9.80. The topological polar surface area (TPSA) is 101 Å². The predicted molar refractivity (Wildman–Crippen MR) is 123 cm³/mol. The maximum atomic E-state index is 12.1. The summed E-state index contributed by atoms with van der Waals surface area (Å²) in [5.74, 6) is 0.335. The number of nitrogens with zero attached hydrogens (tertiary/aromatic N) is 3. The van der Waals surface area contributed by atoms with Crippen molar-refractivity contribution in [3.63, 3.8) is 0 Å². The van der Waals surface area contributed by atoms with Gasteiger partial charge in [0.15, 0.2) is 0 Å². The molecule has 2 heterocycles. The van der Waals surface area contributed by atoms with Crippen LogP contribution in [0.1, 0.15) is 44.1 Å². The summed E-state index contributed by atoms with van der Waals surface area (Å²) >= 11 is 6.01. The summed E-state index contributed by atoms with van der Waals surface area (Å²) in [6.07, 6.45) is 7.90. The summed E-state index contributed by atoms with van der Waals surface area (Å²) in [4.78, 5) is 34.7. The average molecular weight is 503 g/mol. The Bertz CT molecular complexity index is 1000. The monoisotopic (exact) mass is 502 g/mol. The number of carbonyl (C=O) groups excluding carboxylic acids is 2. The van der Waals surface area contributed by atoms with Crippen molar-refractivity contribution < 1.29 is 9.59 Å². The summed E-state index contributed by atoms with van der Waals surface area (Å²) in [5, 5.41) is 3.82. The second kappa shape index (κ2) is 9.58. The van der Waals surface area contributed by atoms with Crippen LogP contribution in [0.15, 0.2) is 24.4 Å². The van der Waals surface area contributed by atoms with Crippen molar-refractivity contribution in [1.29, 1.82) is 0 Å². The molecule has 1 aromatic carbocycles. The number of primary amides is 1. The van der Waals surface area contributed by atoms with Gasteiger partial charge in [-0.1, -0.05) is 0 Å². The Kier molecular flexibility index (Phi) is 6.82. The Hall–Kier alpha value is -2.11. The van der Waals surface area contributed by atoms with Crippen molar-refractivity contribution in [2.75, 3.05) is 17.3 Å². The third-order valence-electron chi connectivity index (χ3n) is 6.02. The van der Waals surface area contributed by atoms with Gasteiger partial charge in [0.25, 0.3) is 0 Å². The van der Waals surface area contributed by atoms with Gasteiger partial charge in [-0.2, -0.15) is 0 Å². The number of fused-ring (bicyclic) bond motifs is 1. The van der Waals surface area contributed by atoms with Crippen molar-refractivity contribution in [2.24, 2.45) is 11.7 Å². The van der Waals surface area contributed by atoms with Gasteiger partial charge in [-0.05, 0) is 0 Å². The van der Waals surface area contributed by atoms with Gasteiger partial charge in [-0.25, -0.2) is 0 Å². The number of anilines is 3. The molecule has 2 aliphatic rings.